The summed E-state index contributed by atoms with van der Waals surface area (Å²) in [6, 6.07) is 0. The maximum absolute atomic E-state index is 12.2. The van der Waals surface area contributed by atoms with E-state index in [0.717, 1.165) is 0 Å². The van der Waals surface area contributed by atoms with Gasteiger partial charge in [-0.05, 0) is 38.5 Å². The zero-order valence-corrected chi connectivity index (χ0v) is 15.7. The van der Waals surface area contributed by atoms with Crippen LogP contribution in [0.5, 0.6) is 0 Å². The Balaban J connectivity index is 2.00. The van der Waals surface area contributed by atoms with Gasteiger partial charge >= 0.3 is 6.16 Å². The molecule has 0 atom stereocenters. The van der Waals surface area contributed by atoms with Gasteiger partial charge in [-0.3, -0.25) is 14.9 Å². The lowest BCUT2D eigenvalue weighted by Gasteiger charge is -2.29. The van der Waals surface area contributed by atoms with Crippen molar-refractivity contribution in [2.75, 3.05) is 0 Å². The van der Waals surface area contributed by atoms with E-state index in [1.807, 2.05) is 0 Å². The maximum Gasteiger partial charge on any atom is 0.514 e. The molecule has 0 spiro atoms. The summed E-state index contributed by atoms with van der Waals surface area (Å²) in [5.74, 6) is -0.318. The molecule has 27 heavy (non-hydrogen) atoms. The Kier molecular flexibility index (Phi) is 4.69. The molecule has 0 bridgehead atoms. The fourth-order valence-electron chi connectivity index (χ4n) is 2.77. The van der Waals surface area contributed by atoms with E-state index in [0.29, 0.717) is 22.5 Å². The number of fused-ring (bicyclic) bond motifs is 2. The lowest BCUT2D eigenvalue weighted by molar-refractivity contribution is -0.427. The average Bonchev–Trinajstić information content (AvgIpc) is 2.56. The van der Waals surface area contributed by atoms with Crippen molar-refractivity contribution in [1.29, 1.82) is 0 Å². The monoisotopic (exact) mass is 392 g/mol. The second-order valence-corrected chi connectivity index (χ2v) is 7.54. The third kappa shape index (κ3) is 3.95. The Bertz CT molecular complexity index is 915. The van der Waals surface area contributed by atoms with Crippen LogP contribution < -0.4 is 5.32 Å². The molecule has 0 amide bonds. The van der Waals surface area contributed by atoms with Gasteiger partial charge in [-0.15, -0.1) is 0 Å². The minimum absolute atomic E-state index is 0.0122. The van der Waals surface area contributed by atoms with E-state index in [1.54, 1.807) is 32.9 Å². The minimum atomic E-state index is -0.940. The number of Topliss-reactive ketones (excluding diaryl/α,β-unsaturated/α-hetero) is 1. The Morgan fingerprint density at radius 3 is 2.63 bits per heavy atom. The first-order chi connectivity index (χ1) is 12.5. The van der Waals surface area contributed by atoms with Crippen molar-refractivity contribution in [2.24, 2.45) is 0 Å². The second-order valence-electron chi connectivity index (χ2n) is 7.16. The van der Waals surface area contributed by atoms with Crippen LogP contribution in [0.3, 0.4) is 0 Å². The Labute approximate surface area is 160 Å². The summed E-state index contributed by atoms with van der Waals surface area (Å²) in [6.07, 6.45) is 3.53. The van der Waals surface area contributed by atoms with E-state index in [1.165, 1.54) is 6.08 Å². The van der Waals surface area contributed by atoms with Gasteiger partial charge in [-0.2, -0.15) is 0 Å². The highest BCUT2D eigenvalue weighted by Crippen LogP contribution is 2.38. The molecule has 0 saturated heterocycles. The molecular weight excluding hydrogens is 376 g/mol. The number of carbonyl (C=O) groups excluding carboxylic acids is 2. The van der Waals surface area contributed by atoms with Gasteiger partial charge in [-0.25, -0.2) is 4.79 Å². The van der Waals surface area contributed by atoms with E-state index in [-0.39, 0.29) is 29.3 Å². The molecule has 3 rings (SSSR count). The van der Waals surface area contributed by atoms with E-state index in [2.05, 4.69) is 5.32 Å². The largest absolute Gasteiger partial charge is 0.514 e. The van der Waals surface area contributed by atoms with Crippen molar-refractivity contribution in [3.05, 3.63) is 67.4 Å². The first kappa shape index (κ1) is 18.9. The Hall–Kier alpha value is -2.87. The van der Waals surface area contributed by atoms with E-state index < -0.39 is 22.5 Å². The molecule has 2 aliphatic carbocycles. The number of ketones is 1. The van der Waals surface area contributed by atoms with Crippen LogP contribution in [0.4, 0.5) is 4.79 Å². The molecule has 0 aromatic heterocycles. The molecule has 0 aromatic carbocycles. The van der Waals surface area contributed by atoms with E-state index in [4.69, 9.17) is 21.1 Å². The van der Waals surface area contributed by atoms with Gasteiger partial charge in [0.25, 0.3) is 5.70 Å². The number of rotatable bonds is 2. The molecule has 0 saturated carbocycles. The predicted molar refractivity (Wildman–Crippen MR) is 95.8 cm³/mol. The summed E-state index contributed by atoms with van der Waals surface area (Å²) in [7, 11) is 0. The van der Waals surface area contributed by atoms with Crippen molar-refractivity contribution in [3.63, 3.8) is 0 Å². The number of ether oxygens (including phenoxy) is 2. The standard InChI is InChI=1S/C18H17ClN2O6/c1-18(2,3)27-17(23)26-14-8-13(22)15(19)16-11(14)7-9-6-10(21(24)25)4-5-12(9)20-16/h4-5,7,20H,6,8H2,1-3H3. The number of hydrogen-bond donors (Lipinski definition) is 1. The smallest absolute Gasteiger partial charge is 0.428 e. The number of nitro groups is 1. The van der Waals surface area contributed by atoms with Crippen molar-refractivity contribution in [1.82, 2.24) is 5.32 Å². The zero-order valence-electron chi connectivity index (χ0n) is 14.9. The van der Waals surface area contributed by atoms with Gasteiger partial charge in [-0.1, -0.05) is 11.6 Å². The van der Waals surface area contributed by atoms with Crippen LogP contribution in [0.1, 0.15) is 33.6 Å². The second kappa shape index (κ2) is 6.70. The number of allylic oxidation sites excluding steroid dienone is 7. The van der Waals surface area contributed by atoms with Crippen molar-refractivity contribution < 1.29 is 24.0 Å². The molecular formula is C18H17ClN2O6. The number of halogens is 1. The molecule has 0 aromatic rings. The van der Waals surface area contributed by atoms with Gasteiger partial charge < -0.3 is 14.8 Å². The molecule has 3 aliphatic rings. The molecule has 8 nitrogen and oxygen atoms in total. The predicted octanol–water partition coefficient (Wildman–Crippen LogP) is 3.59. The SMILES string of the molecule is CC(C)(C)OC(=O)OC1=C2C=C3CC([N+](=O)[O-])=CC=C3NC2=C(Cl)C(=O)C1. The topological polar surface area (TPSA) is 108 Å². The molecule has 0 fully saturated rings. The zero-order chi connectivity index (χ0) is 19.9. The van der Waals surface area contributed by atoms with Crippen LogP contribution in [0, 0.1) is 10.1 Å². The van der Waals surface area contributed by atoms with Gasteiger partial charge in [0.05, 0.1) is 23.5 Å². The number of hydrogen-bond acceptors (Lipinski definition) is 7. The highest BCUT2D eigenvalue weighted by atomic mass is 35.5. The fourth-order valence-corrected chi connectivity index (χ4v) is 2.99. The molecule has 1 N–H and O–H groups in total. The normalized spacial score (nSPS) is 19.3. The van der Waals surface area contributed by atoms with Crippen LogP contribution >= 0.6 is 11.6 Å². The summed E-state index contributed by atoms with van der Waals surface area (Å²) in [6.45, 7) is 5.07. The summed E-state index contributed by atoms with van der Waals surface area (Å²) in [5.41, 5.74) is 1.22. The molecule has 142 valence electrons. The highest BCUT2D eigenvalue weighted by Gasteiger charge is 2.34. The lowest BCUT2D eigenvalue weighted by Crippen LogP contribution is -2.30. The third-order valence-corrected chi connectivity index (χ3v) is 4.32. The minimum Gasteiger partial charge on any atom is -0.428 e. The number of nitrogens with one attached hydrogen (secondary N) is 1. The van der Waals surface area contributed by atoms with E-state index >= 15 is 0 Å². The first-order valence-electron chi connectivity index (χ1n) is 8.15. The average molecular weight is 393 g/mol. The van der Waals surface area contributed by atoms with Crippen LogP contribution in [0.25, 0.3) is 0 Å². The quantitative estimate of drug-likeness (QED) is 0.434. The van der Waals surface area contributed by atoms with Gasteiger partial charge in [0.1, 0.15) is 16.4 Å². The van der Waals surface area contributed by atoms with Gasteiger partial charge in [0.15, 0.2) is 5.78 Å². The Morgan fingerprint density at radius 1 is 1.30 bits per heavy atom. The summed E-state index contributed by atoms with van der Waals surface area (Å²) < 4.78 is 10.4. The Morgan fingerprint density at radius 2 is 2.00 bits per heavy atom. The van der Waals surface area contributed by atoms with Gasteiger partial charge in [0.2, 0.25) is 0 Å². The van der Waals surface area contributed by atoms with Gasteiger partial charge in [0, 0.05) is 17.3 Å². The van der Waals surface area contributed by atoms with Crippen LogP contribution in [-0.2, 0) is 14.3 Å². The highest BCUT2D eigenvalue weighted by molar-refractivity contribution is 6.43. The molecule has 1 aliphatic heterocycles. The van der Waals surface area contributed by atoms with Crippen molar-refractivity contribution in [2.45, 2.75) is 39.2 Å². The summed E-state index contributed by atoms with van der Waals surface area (Å²) in [4.78, 5) is 34.8. The summed E-state index contributed by atoms with van der Waals surface area (Å²) >= 11 is 6.14. The van der Waals surface area contributed by atoms with Crippen LogP contribution in [0.2, 0.25) is 0 Å². The first-order valence-corrected chi connectivity index (χ1v) is 8.53. The molecule has 9 heteroatoms. The summed E-state index contributed by atoms with van der Waals surface area (Å²) in [5, 5.41) is 14.0. The van der Waals surface area contributed by atoms with E-state index in [9.17, 15) is 19.7 Å². The molecule has 0 unspecified atom stereocenters. The number of carbonyl (C=O) groups is 2. The van der Waals surface area contributed by atoms with Crippen LogP contribution in [0.15, 0.2) is 57.3 Å². The van der Waals surface area contributed by atoms with Crippen molar-refractivity contribution >= 4 is 23.5 Å². The third-order valence-electron chi connectivity index (χ3n) is 3.92. The maximum atomic E-state index is 12.2. The van der Waals surface area contributed by atoms with Crippen molar-refractivity contribution in [3.8, 4) is 0 Å². The van der Waals surface area contributed by atoms with Crippen LogP contribution in [-0.4, -0.2) is 22.5 Å². The molecule has 0 radical (unpaired) electrons. The fraction of sp³-hybridized carbons (Fsp3) is 0.333. The lowest BCUT2D eigenvalue weighted by atomic mass is 9.89. The molecule has 1 heterocycles. The number of nitrogens with zero attached hydrogens (tertiary/aromatic N) is 1.